The van der Waals surface area contributed by atoms with Crippen molar-refractivity contribution in [3.05, 3.63) is 41.6 Å². The molecule has 0 saturated carbocycles. The van der Waals surface area contributed by atoms with Crippen molar-refractivity contribution in [3.8, 4) is 6.07 Å². The van der Waals surface area contributed by atoms with Crippen LogP contribution in [-0.2, 0) is 4.79 Å². The maximum absolute atomic E-state index is 12.4. The minimum atomic E-state index is -0.347. The van der Waals surface area contributed by atoms with Crippen molar-refractivity contribution in [2.45, 2.75) is 46.5 Å². The van der Waals surface area contributed by atoms with Crippen LogP contribution >= 0.6 is 0 Å². The van der Waals surface area contributed by atoms with E-state index in [1.54, 1.807) is 6.20 Å². The maximum atomic E-state index is 12.4. The number of carbonyl (C=O) groups excluding carboxylic acids is 1. The molecule has 0 fully saturated rings. The van der Waals surface area contributed by atoms with Gasteiger partial charge in [0.25, 0.3) is 5.91 Å². The number of anilines is 1. The van der Waals surface area contributed by atoms with Crippen molar-refractivity contribution in [2.75, 3.05) is 18.4 Å². The van der Waals surface area contributed by atoms with Gasteiger partial charge in [-0.3, -0.25) is 4.79 Å². The first-order valence-electron chi connectivity index (χ1n) is 8.35. The standard InChI is InChI=1S/C19H27N3O/c1-4-6-12-22(13-7-5-2)15-17(14-20)19(23)21-18-11-9-8-10-16(18)3/h8-11,15H,4-7,12-13H2,1-3H3,(H,21,23)/b17-15-. The van der Waals surface area contributed by atoms with E-state index in [2.05, 4.69) is 24.1 Å². The zero-order valence-corrected chi connectivity index (χ0v) is 14.4. The van der Waals surface area contributed by atoms with Gasteiger partial charge in [-0.1, -0.05) is 44.9 Å². The zero-order chi connectivity index (χ0) is 17.1. The number of nitrogens with zero attached hydrogens (tertiary/aromatic N) is 2. The fourth-order valence-electron chi connectivity index (χ4n) is 2.19. The fraction of sp³-hybridized carbons (Fsp3) is 0.474. The summed E-state index contributed by atoms with van der Waals surface area (Å²) in [5, 5.41) is 12.2. The van der Waals surface area contributed by atoms with E-state index in [9.17, 15) is 10.1 Å². The molecule has 0 saturated heterocycles. The number of amides is 1. The summed E-state index contributed by atoms with van der Waals surface area (Å²) in [6.07, 6.45) is 6.00. The molecule has 0 aliphatic carbocycles. The van der Waals surface area contributed by atoms with Crippen LogP contribution in [0.4, 0.5) is 5.69 Å². The van der Waals surface area contributed by atoms with Crippen LogP contribution in [0.3, 0.4) is 0 Å². The highest BCUT2D eigenvalue weighted by atomic mass is 16.1. The van der Waals surface area contributed by atoms with Gasteiger partial charge in [0.2, 0.25) is 0 Å². The summed E-state index contributed by atoms with van der Waals surface area (Å²) in [6.45, 7) is 7.95. The molecule has 1 N–H and O–H groups in total. The first-order chi connectivity index (χ1) is 11.1. The lowest BCUT2D eigenvalue weighted by Crippen LogP contribution is -2.23. The highest BCUT2D eigenvalue weighted by Gasteiger charge is 2.12. The van der Waals surface area contributed by atoms with Crippen LogP contribution in [0.1, 0.15) is 45.1 Å². The average molecular weight is 313 g/mol. The first kappa shape index (κ1) is 18.8. The van der Waals surface area contributed by atoms with Gasteiger partial charge in [-0.2, -0.15) is 5.26 Å². The van der Waals surface area contributed by atoms with E-state index in [-0.39, 0.29) is 11.5 Å². The Bertz CT molecular complexity index is 564. The molecule has 0 aliphatic heterocycles. The Labute approximate surface area is 139 Å². The third-order valence-corrected chi connectivity index (χ3v) is 3.67. The van der Waals surface area contributed by atoms with E-state index in [4.69, 9.17) is 0 Å². The number of aryl methyl sites for hydroxylation is 1. The van der Waals surface area contributed by atoms with Crippen LogP contribution in [0.5, 0.6) is 0 Å². The maximum Gasteiger partial charge on any atom is 0.267 e. The molecule has 0 spiro atoms. The molecule has 1 amide bonds. The number of benzene rings is 1. The van der Waals surface area contributed by atoms with Crippen molar-refractivity contribution in [1.82, 2.24) is 4.90 Å². The second-order valence-corrected chi connectivity index (χ2v) is 5.67. The van der Waals surface area contributed by atoms with Gasteiger partial charge in [-0.25, -0.2) is 0 Å². The Morgan fingerprint density at radius 2 is 1.83 bits per heavy atom. The molecule has 0 aromatic heterocycles. The van der Waals surface area contributed by atoms with Crippen LogP contribution in [0, 0.1) is 18.3 Å². The van der Waals surface area contributed by atoms with Gasteiger partial charge in [0.05, 0.1) is 0 Å². The highest BCUT2D eigenvalue weighted by molar-refractivity contribution is 6.06. The second-order valence-electron chi connectivity index (χ2n) is 5.67. The number of unbranched alkanes of at least 4 members (excludes halogenated alkanes) is 2. The molecule has 124 valence electrons. The minimum absolute atomic E-state index is 0.153. The number of rotatable bonds is 9. The first-order valence-corrected chi connectivity index (χ1v) is 8.35. The summed E-state index contributed by atoms with van der Waals surface area (Å²) in [5.41, 5.74) is 1.87. The summed E-state index contributed by atoms with van der Waals surface area (Å²) >= 11 is 0. The van der Waals surface area contributed by atoms with E-state index in [1.807, 2.05) is 37.3 Å². The summed E-state index contributed by atoms with van der Waals surface area (Å²) in [4.78, 5) is 14.4. The van der Waals surface area contributed by atoms with Crippen LogP contribution in [0.25, 0.3) is 0 Å². The largest absolute Gasteiger partial charge is 0.376 e. The van der Waals surface area contributed by atoms with Crippen LogP contribution in [-0.4, -0.2) is 23.9 Å². The Hall–Kier alpha value is -2.28. The number of para-hydroxylation sites is 1. The Balaban J connectivity index is 2.83. The summed E-state index contributed by atoms with van der Waals surface area (Å²) in [5.74, 6) is -0.347. The second kappa shape index (κ2) is 10.4. The van der Waals surface area contributed by atoms with Crippen molar-refractivity contribution in [2.24, 2.45) is 0 Å². The molecule has 1 aromatic carbocycles. The number of hydrogen-bond donors (Lipinski definition) is 1. The van der Waals surface area contributed by atoms with Gasteiger partial charge in [0, 0.05) is 25.0 Å². The molecule has 0 heterocycles. The number of nitriles is 1. The van der Waals surface area contributed by atoms with E-state index < -0.39 is 0 Å². The van der Waals surface area contributed by atoms with Crippen molar-refractivity contribution in [1.29, 1.82) is 5.26 Å². The van der Waals surface area contributed by atoms with Gasteiger partial charge in [0.15, 0.2) is 0 Å². The van der Waals surface area contributed by atoms with Crippen molar-refractivity contribution in [3.63, 3.8) is 0 Å². The molecule has 1 rings (SSSR count). The Morgan fingerprint density at radius 1 is 1.22 bits per heavy atom. The lowest BCUT2D eigenvalue weighted by atomic mass is 10.2. The number of hydrogen-bond acceptors (Lipinski definition) is 3. The molecule has 1 aromatic rings. The lowest BCUT2D eigenvalue weighted by Gasteiger charge is -2.20. The van der Waals surface area contributed by atoms with Crippen LogP contribution in [0.2, 0.25) is 0 Å². The Morgan fingerprint density at radius 3 is 2.35 bits per heavy atom. The van der Waals surface area contributed by atoms with Crippen molar-refractivity contribution >= 4 is 11.6 Å². The molecular weight excluding hydrogens is 286 g/mol. The number of nitrogens with one attached hydrogen (secondary N) is 1. The molecule has 4 heteroatoms. The van der Waals surface area contributed by atoms with Gasteiger partial charge < -0.3 is 10.2 Å². The van der Waals surface area contributed by atoms with E-state index in [0.29, 0.717) is 0 Å². The van der Waals surface area contributed by atoms with Crippen LogP contribution < -0.4 is 5.32 Å². The summed E-state index contributed by atoms with van der Waals surface area (Å²) < 4.78 is 0. The summed E-state index contributed by atoms with van der Waals surface area (Å²) in [7, 11) is 0. The average Bonchev–Trinajstić information content (AvgIpc) is 2.56. The van der Waals surface area contributed by atoms with E-state index in [1.165, 1.54) is 0 Å². The van der Waals surface area contributed by atoms with Crippen molar-refractivity contribution < 1.29 is 4.79 Å². The third-order valence-electron chi connectivity index (χ3n) is 3.67. The Kier molecular flexibility index (Phi) is 8.52. The van der Waals surface area contributed by atoms with Crippen LogP contribution in [0.15, 0.2) is 36.0 Å². The molecule has 0 unspecified atom stereocenters. The quantitative estimate of drug-likeness (QED) is 0.548. The van der Waals surface area contributed by atoms with Gasteiger partial charge in [-0.05, 0) is 31.4 Å². The summed E-state index contributed by atoms with van der Waals surface area (Å²) in [6, 6.07) is 9.59. The predicted molar refractivity (Wildman–Crippen MR) is 94.9 cm³/mol. The van der Waals surface area contributed by atoms with Gasteiger partial charge in [-0.15, -0.1) is 0 Å². The molecule has 0 bridgehead atoms. The predicted octanol–water partition coefficient (Wildman–Crippen LogP) is 4.24. The van der Waals surface area contributed by atoms with E-state index >= 15 is 0 Å². The number of carbonyl (C=O) groups is 1. The monoisotopic (exact) mass is 313 g/mol. The molecule has 0 atom stereocenters. The molecule has 23 heavy (non-hydrogen) atoms. The molecule has 0 radical (unpaired) electrons. The molecule has 4 nitrogen and oxygen atoms in total. The minimum Gasteiger partial charge on any atom is -0.376 e. The lowest BCUT2D eigenvalue weighted by molar-refractivity contribution is -0.112. The smallest absolute Gasteiger partial charge is 0.267 e. The third kappa shape index (κ3) is 6.56. The van der Waals surface area contributed by atoms with E-state index in [0.717, 1.165) is 50.0 Å². The topological polar surface area (TPSA) is 56.1 Å². The highest BCUT2D eigenvalue weighted by Crippen LogP contribution is 2.14. The molecule has 0 aliphatic rings. The van der Waals surface area contributed by atoms with Gasteiger partial charge >= 0.3 is 0 Å². The SMILES string of the molecule is CCCCN(/C=C(/C#N)C(=O)Nc1ccccc1C)CCCC. The normalized spacial score (nSPS) is 11.0. The molecular formula is C19H27N3O. The van der Waals surface area contributed by atoms with Gasteiger partial charge in [0.1, 0.15) is 11.6 Å². The fourth-order valence-corrected chi connectivity index (χ4v) is 2.19. The zero-order valence-electron chi connectivity index (χ0n) is 14.4.